The van der Waals surface area contributed by atoms with E-state index in [2.05, 4.69) is 27.3 Å². The van der Waals surface area contributed by atoms with Crippen LogP contribution in [0.25, 0.3) is 0 Å². The molecule has 6 heteroatoms. The maximum absolute atomic E-state index is 4.19. The highest BCUT2D eigenvalue weighted by Gasteiger charge is 2.07. The van der Waals surface area contributed by atoms with Crippen LogP contribution in [0.3, 0.4) is 0 Å². The van der Waals surface area contributed by atoms with Crippen molar-refractivity contribution in [1.29, 1.82) is 0 Å². The maximum Gasteiger partial charge on any atom is 0.164 e. The number of hydrogen-bond donors (Lipinski definition) is 1. The Morgan fingerprint density at radius 3 is 3.07 bits per heavy atom. The van der Waals surface area contributed by atoms with E-state index in [-0.39, 0.29) is 0 Å². The predicted octanol–water partition coefficient (Wildman–Crippen LogP) is 1.12. The van der Waals surface area contributed by atoms with E-state index in [1.165, 1.54) is 4.88 Å². The van der Waals surface area contributed by atoms with E-state index in [1.807, 2.05) is 18.8 Å². The van der Waals surface area contributed by atoms with Gasteiger partial charge in [-0.15, -0.1) is 11.3 Å². The molecule has 0 aliphatic carbocycles. The second-order valence-electron chi connectivity index (χ2n) is 3.34. The van der Waals surface area contributed by atoms with E-state index in [0.29, 0.717) is 12.6 Å². The standard InChI is InChI=1S/C9H13N5S/c1-7(8-3-10-6-15-8)11-4-9-12-5-14(2)13-9/h3,5-7,11H,4H2,1-2H3. The monoisotopic (exact) mass is 223 g/mol. The molecular formula is C9H13N5S. The summed E-state index contributed by atoms with van der Waals surface area (Å²) in [4.78, 5) is 9.42. The second-order valence-corrected chi connectivity index (χ2v) is 4.26. The summed E-state index contributed by atoms with van der Waals surface area (Å²) in [6.07, 6.45) is 3.59. The van der Waals surface area contributed by atoms with Crippen LogP contribution in [0.5, 0.6) is 0 Å². The Bertz CT molecular complexity index is 408. The van der Waals surface area contributed by atoms with Gasteiger partial charge in [0.1, 0.15) is 6.33 Å². The fourth-order valence-electron chi connectivity index (χ4n) is 1.25. The molecular weight excluding hydrogens is 210 g/mol. The number of nitrogens with one attached hydrogen (secondary N) is 1. The van der Waals surface area contributed by atoms with Crippen molar-refractivity contribution in [2.45, 2.75) is 19.5 Å². The molecule has 15 heavy (non-hydrogen) atoms. The van der Waals surface area contributed by atoms with Crippen LogP contribution in [0, 0.1) is 0 Å². The highest BCUT2D eigenvalue weighted by Crippen LogP contribution is 2.16. The third-order valence-electron chi connectivity index (χ3n) is 2.09. The molecule has 1 atom stereocenters. The van der Waals surface area contributed by atoms with Crippen molar-refractivity contribution in [3.8, 4) is 0 Å². The van der Waals surface area contributed by atoms with Crippen molar-refractivity contribution in [1.82, 2.24) is 25.1 Å². The van der Waals surface area contributed by atoms with Gasteiger partial charge in [0.25, 0.3) is 0 Å². The summed E-state index contributed by atoms with van der Waals surface area (Å²) in [5.41, 5.74) is 1.84. The zero-order chi connectivity index (χ0) is 10.7. The van der Waals surface area contributed by atoms with Crippen molar-refractivity contribution in [2.24, 2.45) is 7.05 Å². The first-order valence-corrected chi connectivity index (χ1v) is 5.60. The van der Waals surface area contributed by atoms with E-state index in [4.69, 9.17) is 0 Å². The number of hydrogen-bond acceptors (Lipinski definition) is 5. The van der Waals surface area contributed by atoms with Gasteiger partial charge in [-0.3, -0.25) is 9.67 Å². The lowest BCUT2D eigenvalue weighted by Crippen LogP contribution is -2.18. The van der Waals surface area contributed by atoms with Gasteiger partial charge in [0.2, 0.25) is 0 Å². The lowest BCUT2D eigenvalue weighted by molar-refractivity contribution is 0.562. The Hall–Kier alpha value is -1.27. The lowest BCUT2D eigenvalue weighted by Gasteiger charge is -2.09. The Morgan fingerprint density at radius 2 is 2.47 bits per heavy atom. The van der Waals surface area contributed by atoms with Crippen LogP contribution in [-0.4, -0.2) is 19.7 Å². The van der Waals surface area contributed by atoms with Crippen LogP contribution in [0.15, 0.2) is 18.0 Å². The van der Waals surface area contributed by atoms with Gasteiger partial charge >= 0.3 is 0 Å². The minimum atomic E-state index is 0.293. The zero-order valence-electron chi connectivity index (χ0n) is 8.71. The van der Waals surface area contributed by atoms with Gasteiger partial charge in [0, 0.05) is 24.2 Å². The van der Waals surface area contributed by atoms with Crippen LogP contribution in [0.1, 0.15) is 23.7 Å². The van der Waals surface area contributed by atoms with Crippen LogP contribution < -0.4 is 5.32 Å². The molecule has 0 spiro atoms. The van der Waals surface area contributed by atoms with E-state index in [9.17, 15) is 0 Å². The summed E-state index contributed by atoms with van der Waals surface area (Å²) < 4.78 is 1.70. The number of aromatic nitrogens is 4. The van der Waals surface area contributed by atoms with Gasteiger partial charge in [0.05, 0.1) is 12.1 Å². The van der Waals surface area contributed by atoms with Crippen molar-refractivity contribution < 1.29 is 0 Å². The molecule has 0 aliphatic rings. The Kier molecular flexibility index (Phi) is 3.08. The molecule has 1 N–H and O–H groups in total. The normalized spacial score (nSPS) is 12.9. The first kappa shape index (κ1) is 10.3. The third kappa shape index (κ3) is 2.60. The fraction of sp³-hybridized carbons (Fsp3) is 0.444. The van der Waals surface area contributed by atoms with Gasteiger partial charge in [-0.1, -0.05) is 0 Å². The Labute approximate surface area is 92.2 Å². The van der Waals surface area contributed by atoms with Crippen molar-refractivity contribution in [3.05, 3.63) is 28.7 Å². The van der Waals surface area contributed by atoms with E-state index in [1.54, 1.807) is 22.3 Å². The molecule has 2 aromatic rings. The van der Waals surface area contributed by atoms with Crippen molar-refractivity contribution in [2.75, 3.05) is 0 Å². The molecule has 0 fully saturated rings. The first-order chi connectivity index (χ1) is 7.25. The van der Waals surface area contributed by atoms with Gasteiger partial charge in [0.15, 0.2) is 5.82 Å². The first-order valence-electron chi connectivity index (χ1n) is 4.72. The Balaban J connectivity index is 1.88. The van der Waals surface area contributed by atoms with Gasteiger partial charge in [-0.05, 0) is 6.92 Å². The van der Waals surface area contributed by atoms with Crippen molar-refractivity contribution in [3.63, 3.8) is 0 Å². The highest BCUT2D eigenvalue weighted by atomic mass is 32.1. The molecule has 80 valence electrons. The summed E-state index contributed by atoms with van der Waals surface area (Å²) in [6.45, 7) is 2.79. The van der Waals surface area contributed by atoms with Crippen LogP contribution in [0.4, 0.5) is 0 Å². The van der Waals surface area contributed by atoms with Crippen LogP contribution in [0.2, 0.25) is 0 Å². The molecule has 0 aliphatic heterocycles. The summed E-state index contributed by atoms with van der Waals surface area (Å²) in [6, 6.07) is 0.293. The van der Waals surface area contributed by atoms with Gasteiger partial charge < -0.3 is 5.32 Å². The maximum atomic E-state index is 4.19. The molecule has 2 rings (SSSR count). The van der Waals surface area contributed by atoms with E-state index < -0.39 is 0 Å². The zero-order valence-corrected chi connectivity index (χ0v) is 9.53. The quantitative estimate of drug-likeness (QED) is 0.844. The second kappa shape index (κ2) is 4.50. The minimum Gasteiger partial charge on any atom is -0.302 e. The summed E-state index contributed by atoms with van der Waals surface area (Å²) in [7, 11) is 1.86. The molecule has 0 saturated carbocycles. The molecule has 5 nitrogen and oxygen atoms in total. The number of thiazole rings is 1. The molecule has 0 amide bonds. The molecule has 1 unspecified atom stereocenters. The smallest absolute Gasteiger partial charge is 0.164 e. The third-order valence-corrected chi connectivity index (χ3v) is 3.05. The number of aryl methyl sites for hydroxylation is 1. The lowest BCUT2D eigenvalue weighted by atomic mass is 10.3. The molecule has 0 radical (unpaired) electrons. The fourth-order valence-corrected chi connectivity index (χ4v) is 1.90. The summed E-state index contributed by atoms with van der Waals surface area (Å²) >= 11 is 1.65. The highest BCUT2D eigenvalue weighted by molar-refractivity contribution is 7.09. The van der Waals surface area contributed by atoms with Gasteiger partial charge in [-0.25, -0.2) is 4.98 Å². The average Bonchev–Trinajstić information content (AvgIpc) is 2.84. The largest absolute Gasteiger partial charge is 0.302 e. The summed E-state index contributed by atoms with van der Waals surface area (Å²) in [5, 5.41) is 7.54. The molecule has 2 heterocycles. The summed E-state index contributed by atoms with van der Waals surface area (Å²) in [5.74, 6) is 0.814. The van der Waals surface area contributed by atoms with Crippen molar-refractivity contribution >= 4 is 11.3 Å². The van der Waals surface area contributed by atoms with Gasteiger partial charge in [-0.2, -0.15) is 5.10 Å². The number of nitrogens with zero attached hydrogens (tertiary/aromatic N) is 4. The molecule has 2 aromatic heterocycles. The van der Waals surface area contributed by atoms with E-state index in [0.717, 1.165) is 5.82 Å². The van der Waals surface area contributed by atoms with Crippen LogP contribution in [-0.2, 0) is 13.6 Å². The topological polar surface area (TPSA) is 55.6 Å². The Morgan fingerprint density at radius 1 is 1.60 bits per heavy atom. The molecule has 0 aromatic carbocycles. The molecule has 0 bridgehead atoms. The molecule has 0 saturated heterocycles. The van der Waals surface area contributed by atoms with Crippen LogP contribution >= 0.6 is 11.3 Å². The van der Waals surface area contributed by atoms with E-state index >= 15 is 0 Å². The predicted molar refractivity (Wildman–Crippen MR) is 58.4 cm³/mol. The SMILES string of the molecule is CC(NCc1ncn(C)n1)c1cncs1. The minimum absolute atomic E-state index is 0.293. The average molecular weight is 223 g/mol. The number of rotatable bonds is 4.